The summed E-state index contributed by atoms with van der Waals surface area (Å²) in [5.74, 6) is -1.77. The topological polar surface area (TPSA) is 116 Å². The maximum atomic E-state index is 15.3. The number of fused-ring (bicyclic) bond motifs is 2. The molecule has 0 aliphatic carbocycles. The minimum absolute atomic E-state index is 0.0290. The first-order valence-electron chi connectivity index (χ1n) is 12.0. The third-order valence-electron chi connectivity index (χ3n) is 6.59. The number of hydrogen-bond acceptors (Lipinski definition) is 6. The summed E-state index contributed by atoms with van der Waals surface area (Å²) in [6.45, 7) is 2.00. The molecule has 11 heteroatoms. The van der Waals surface area contributed by atoms with Gasteiger partial charge in [-0.1, -0.05) is 30.3 Å². The molecule has 3 heterocycles. The molecule has 0 radical (unpaired) electrons. The number of rotatable bonds is 6. The van der Waals surface area contributed by atoms with Crippen LogP contribution in [0.1, 0.15) is 15.2 Å². The van der Waals surface area contributed by atoms with Gasteiger partial charge in [-0.3, -0.25) is 4.79 Å². The minimum atomic E-state index is -1.33. The van der Waals surface area contributed by atoms with E-state index in [4.69, 9.17) is 9.47 Å². The summed E-state index contributed by atoms with van der Waals surface area (Å²) in [5.41, 5.74) is 0.584. The van der Waals surface area contributed by atoms with Crippen molar-refractivity contribution in [1.29, 1.82) is 0 Å². The highest BCUT2D eigenvalue weighted by atomic mass is 32.1. The number of carboxylic acids is 1. The number of methoxy groups -OCH3 is 1. The van der Waals surface area contributed by atoms with Crippen molar-refractivity contribution in [3.8, 4) is 28.6 Å². The fraction of sp³-hybridized carbons (Fsp3) is 0.0690. The molecular weight excluding hydrogens is 537 g/mol. The molecule has 0 aliphatic rings. The number of para-hydroxylation sites is 2. The first-order valence-corrected chi connectivity index (χ1v) is 12.9. The lowest BCUT2D eigenvalue weighted by Gasteiger charge is -2.13. The number of nitrogens with zero attached hydrogens (tertiary/aromatic N) is 2. The molecule has 0 fully saturated rings. The predicted molar refractivity (Wildman–Crippen MR) is 150 cm³/mol. The van der Waals surface area contributed by atoms with Gasteiger partial charge >= 0.3 is 11.7 Å². The van der Waals surface area contributed by atoms with Crippen molar-refractivity contribution in [2.45, 2.75) is 6.92 Å². The van der Waals surface area contributed by atoms with Gasteiger partial charge in [0.2, 0.25) is 0 Å². The standard InChI is InChI=1S/C29H20FN3O6S/c1-15-7-3-5-9-19(15)32-13-24(16-8-4-6-10-20(16)32)39-23-12-21(17(30)11-22(23)38-2)33-27(34)25-18(31-29(33)37)14-40-26(25)28(35)36/h3-14H,1-2H3,(H,31,37)(H,35,36). The molecule has 3 aromatic heterocycles. The van der Waals surface area contributed by atoms with E-state index in [2.05, 4.69) is 4.98 Å². The molecule has 2 N–H and O–H groups in total. The van der Waals surface area contributed by atoms with Gasteiger partial charge in [0.15, 0.2) is 23.1 Å². The number of benzene rings is 3. The summed E-state index contributed by atoms with van der Waals surface area (Å²) >= 11 is 0.792. The molecule has 6 rings (SSSR count). The molecule has 3 aromatic carbocycles. The van der Waals surface area contributed by atoms with Gasteiger partial charge in [-0.25, -0.2) is 18.5 Å². The summed E-state index contributed by atoms with van der Waals surface area (Å²) in [4.78, 5) is 40.1. The summed E-state index contributed by atoms with van der Waals surface area (Å²) in [7, 11) is 1.34. The van der Waals surface area contributed by atoms with E-state index in [9.17, 15) is 19.5 Å². The van der Waals surface area contributed by atoms with Gasteiger partial charge in [0, 0.05) is 28.6 Å². The van der Waals surface area contributed by atoms with Crippen molar-refractivity contribution in [2.75, 3.05) is 7.11 Å². The van der Waals surface area contributed by atoms with Crippen LogP contribution in [0.3, 0.4) is 0 Å². The Hall–Kier alpha value is -5.16. The Balaban J connectivity index is 1.54. The third-order valence-corrected chi connectivity index (χ3v) is 7.56. The SMILES string of the molecule is COc1cc(F)c(-n2c(=O)[nH]c3csc(C(=O)O)c3c2=O)cc1Oc1cn(-c2ccccc2C)c2ccccc12. The molecule has 9 nitrogen and oxygen atoms in total. The number of aromatic carboxylic acids is 1. The van der Waals surface area contributed by atoms with E-state index in [1.807, 2.05) is 60.0 Å². The zero-order chi connectivity index (χ0) is 28.1. The molecule has 0 aliphatic heterocycles. The smallest absolute Gasteiger partial charge is 0.346 e. The summed E-state index contributed by atoms with van der Waals surface area (Å²) in [6, 6.07) is 17.6. The van der Waals surface area contributed by atoms with E-state index in [0.717, 1.165) is 39.6 Å². The maximum Gasteiger partial charge on any atom is 0.346 e. The Kier molecular flexibility index (Phi) is 6.00. The molecule has 0 amide bonds. The van der Waals surface area contributed by atoms with E-state index in [-0.39, 0.29) is 27.3 Å². The lowest BCUT2D eigenvalue weighted by molar-refractivity contribution is 0.0704. The first-order chi connectivity index (χ1) is 19.3. The van der Waals surface area contributed by atoms with Crippen LogP contribution in [0, 0.1) is 12.7 Å². The van der Waals surface area contributed by atoms with E-state index in [0.29, 0.717) is 10.3 Å². The molecule has 0 spiro atoms. The number of H-pyrrole nitrogens is 1. The van der Waals surface area contributed by atoms with Crippen LogP contribution in [-0.4, -0.2) is 32.3 Å². The highest BCUT2D eigenvalue weighted by Gasteiger charge is 2.23. The van der Waals surface area contributed by atoms with Crippen LogP contribution in [0.2, 0.25) is 0 Å². The average molecular weight is 558 g/mol. The zero-order valence-electron chi connectivity index (χ0n) is 21.1. The summed E-state index contributed by atoms with van der Waals surface area (Å²) in [6.07, 6.45) is 1.80. The largest absolute Gasteiger partial charge is 0.493 e. The minimum Gasteiger partial charge on any atom is -0.493 e. The number of hydrogen-bond donors (Lipinski definition) is 2. The van der Waals surface area contributed by atoms with Crippen molar-refractivity contribution >= 4 is 39.1 Å². The van der Waals surface area contributed by atoms with Gasteiger partial charge in [0.1, 0.15) is 4.88 Å². The van der Waals surface area contributed by atoms with E-state index in [1.54, 1.807) is 6.20 Å². The molecule has 200 valence electrons. The predicted octanol–water partition coefficient (Wildman–Crippen LogP) is 5.63. The van der Waals surface area contributed by atoms with Crippen LogP contribution >= 0.6 is 11.3 Å². The van der Waals surface area contributed by atoms with Crippen molar-refractivity contribution in [1.82, 2.24) is 14.1 Å². The van der Waals surface area contributed by atoms with Gasteiger partial charge in [-0.05, 0) is 30.7 Å². The number of halogens is 1. The zero-order valence-corrected chi connectivity index (χ0v) is 21.9. The number of carboxylic acid groups (broad SMARTS) is 1. The second kappa shape index (κ2) is 9.54. The van der Waals surface area contributed by atoms with Crippen LogP contribution in [0.5, 0.6) is 17.2 Å². The van der Waals surface area contributed by atoms with Crippen LogP contribution < -0.4 is 20.7 Å². The van der Waals surface area contributed by atoms with Gasteiger partial charge in [-0.15, -0.1) is 11.3 Å². The summed E-state index contributed by atoms with van der Waals surface area (Å²) in [5, 5.41) is 11.4. The molecule has 6 aromatic rings. The van der Waals surface area contributed by atoms with Crippen LogP contribution in [0.15, 0.2) is 81.8 Å². The maximum absolute atomic E-state index is 15.3. The van der Waals surface area contributed by atoms with Crippen molar-refractivity contribution in [2.24, 2.45) is 0 Å². The Labute approximate surface area is 228 Å². The van der Waals surface area contributed by atoms with E-state index in [1.165, 1.54) is 18.6 Å². The van der Waals surface area contributed by atoms with E-state index < -0.39 is 28.7 Å². The molecule has 40 heavy (non-hydrogen) atoms. The fourth-order valence-electron chi connectivity index (χ4n) is 4.73. The average Bonchev–Trinajstić information content (AvgIpc) is 3.52. The number of carbonyl (C=O) groups is 1. The normalized spacial score (nSPS) is 11.3. The number of aromatic nitrogens is 3. The molecule has 0 saturated heterocycles. The Morgan fingerprint density at radius 1 is 1.00 bits per heavy atom. The van der Waals surface area contributed by atoms with Crippen molar-refractivity contribution in [3.05, 3.63) is 109 Å². The number of nitrogens with one attached hydrogen (secondary N) is 1. The Bertz CT molecular complexity index is 2090. The van der Waals surface area contributed by atoms with Gasteiger partial charge in [0.25, 0.3) is 5.56 Å². The molecule has 0 atom stereocenters. The van der Waals surface area contributed by atoms with Gasteiger partial charge in [0.05, 0.1) is 35.4 Å². The molecule has 0 saturated carbocycles. The third kappa shape index (κ3) is 3.95. The lowest BCUT2D eigenvalue weighted by Crippen LogP contribution is -2.34. The van der Waals surface area contributed by atoms with E-state index >= 15 is 4.39 Å². The second-order valence-corrected chi connectivity index (χ2v) is 9.83. The summed E-state index contributed by atoms with van der Waals surface area (Å²) < 4.78 is 29.5. The Morgan fingerprint density at radius 2 is 1.75 bits per heavy atom. The monoisotopic (exact) mass is 557 g/mol. The molecule has 0 unspecified atom stereocenters. The lowest BCUT2D eigenvalue weighted by atomic mass is 10.2. The quantitative estimate of drug-likeness (QED) is 0.274. The van der Waals surface area contributed by atoms with Crippen LogP contribution in [0.4, 0.5) is 4.39 Å². The Morgan fingerprint density at radius 3 is 2.50 bits per heavy atom. The number of ether oxygens (including phenoxy) is 2. The van der Waals surface area contributed by atoms with Crippen LogP contribution in [-0.2, 0) is 0 Å². The highest BCUT2D eigenvalue weighted by molar-refractivity contribution is 7.13. The molecule has 0 bridgehead atoms. The number of aryl methyl sites for hydroxylation is 1. The van der Waals surface area contributed by atoms with Crippen molar-refractivity contribution in [3.63, 3.8) is 0 Å². The van der Waals surface area contributed by atoms with Gasteiger partial charge < -0.3 is 24.1 Å². The number of aromatic amines is 1. The second-order valence-electron chi connectivity index (χ2n) is 8.95. The fourth-order valence-corrected chi connectivity index (χ4v) is 5.56. The van der Waals surface area contributed by atoms with Crippen LogP contribution in [0.25, 0.3) is 33.2 Å². The number of thiophene rings is 1. The first kappa shape index (κ1) is 25.1. The highest BCUT2D eigenvalue weighted by Crippen LogP contribution is 2.39. The van der Waals surface area contributed by atoms with Gasteiger partial charge in [-0.2, -0.15) is 0 Å². The molecular formula is C29H20FN3O6S. The van der Waals surface area contributed by atoms with Crippen molar-refractivity contribution < 1.29 is 23.8 Å².